The van der Waals surface area contributed by atoms with Gasteiger partial charge in [-0.05, 0) is 39.3 Å². The van der Waals surface area contributed by atoms with E-state index >= 15 is 0 Å². The van der Waals surface area contributed by atoms with Crippen LogP contribution in [0.25, 0.3) is 0 Å². The molecule has 3 atom stereocenters. The lowest BCUT2D eigenvalue weighted by atomic mass is 10.4. The highest BCUT2D eigenvalue weighted by Crippen LogP contribution is 2.29. The monoisotopic (exact) mass is 340 g/mol. The normalized spacial score (nSPS) is 19.1. The third-order valence-electron chi connectivity index (χ3n) is 2.06. The highest BCUT2D eigenvalue weighted by atomic mass is 28.5. The van der Waals surface area contributed by atoms with E-state index in [0.717, 1.165) is 0 Å². The SMILES string of the molecule is C[SiH](O[Si](C)(C)O[Si](C)(C)C)C(F)C(F)C(F)(F)F. The van der Waals surface area contributed by atoms with E-state index in [9.17, 15) is 22.0 Å². The average Bonchev–Trinajstić information content (AvgIpc) is 2.08. The van der Waals surface area contributed by atoms with Gasteiger partial charge in [0.15, 0.2) is 14.1 Å². The smallest absolute Gasteiger partial charge is 0.422 e. The van der Waals surface area contributed by atoms with Crippen LogP contribution in [-0.4, -0.2) is 44.1 Å². The van der Waals surface area contributed by atoms with Gasteiger partial charge in [-0.2, -0.15) is 13.2 Å². The third kappa shape index (κ3) is 7.54. The molecule has 0 spiro atoms. The lowest BCUT2D eigenvalue weighted by Gasteiger charge is -2.34. The topological polar surface area (TPSA) is 18.5 Å². The van der Waals surface area contributed by atoms with Crippen LogP contribution in [0.2, 0.25) is 39.3 Å². The Hall–Kier alpha value is 0.221. The predicted molar refractivity (Wildman–Crippen MR) is 71.9 cm³/mol. The molecule has 0 bridgehead atoms. The number of alkyl halides is 5. The molecule has 2 nitrogen and oxygen atoms in total. The first-order valence-corrected chi connectivity index (χ1v) is 14.4. The molecule has 3 unspecified atom stereocenters. The van der Waals surface area contributed by atoms with Crippen molar-refractivity contribution in [1.82, 2.24) is 0 Å². The van der Waals surface area contributed by atoms with Gasteiger partial charge >= 0.3 is 14.7 Å². The van der Waals surface area contributed by atoms with Crippen LogP contribution in [0.15, 0.2) is 0 Å². The van der Waals surface area contributed by atoms with Gasteiger partial charge in [0.25, 0.3) is 0 Å². The minimum absolute atomic E-state index is 1.23. The molecule has 116 valence electrons. The number of halogens is 5. The Morgan fingerprint density at radius 1 is 1.00 bits per heavy atom. The molecule has 0 rings (SSSR count). The first kappa shape index (κ1) is 19.2. The first-order valence-electron chi connectivity index (χ1n) is 5.88. The van der Waals surface area contributed by atoms with Gasteiger partial charge in [0, 0.05) is 0 Å². The lowest BCUT2D eigenvalue weighted by molar-refractivity contribution is -0.189. The summed E-state index contributed by atoms with van der Waals surface area (Å²) in [4.78, 5) is 0. The van der Waals surface area contributed by atoms with Crippen molar-refractivity contribution >= 4 is 25.9 Å². The Balaban J connectivity index is 4.64. The standard InChI is InChI=1S/C9H21F5O2Si3/c1-17(8(11)7(10)9(12,13)14)15-19(5,6)16-18(2,3)4/h7-8,17H,1-6H3. The Morgan fingerprint density at radius 2 is 1.42 bits per heavy atom. The second-order valence-corrected chi connectivity index (χ2v) is 16.7. The largest absolute Gasteiger partial charge is 0.437 e. The molecule has 0 aliphatic carbocycles. The molecular formula is C9H21F5O2Si3. The molecule has 0 heterocycles. The maximum absolute atomic E-state index is 13.5. The van der Waals surface area contributed by atoms with Gasteiger partial charge in [0.1, 0.15) is 0 Å². The van der Waals surface area contributed by atoms with Crippen LogP contribution in [0.5, 0.6) is 0 Å². The molecule has 0 aliphatic heterocycles. The van der Waals surface area contributed by atoms with Crippen LogP contribution < -0.4 is 0 Å². The van der Waals surface area contributed by atoms with Crippen molar-refractivity contribution in [3.05, 3.63) is 0 Å². The quantitative estimate of drug-likeness (QED) is 0.542. The Morgan fingerprint density at radius 3 is 1.74 bits per heavy atom. The fourth-order valence-electron chi connectivity index (χ4n) is 1.69. The number of hydrogen-bond acceptors (Lipinski definition) is 2. The average molecular weight is 341 g/mol. The maximum Gasteiger partial charge on any atom is 0.422 e. The minimum atomic E-state index is -5.19. The summed E-state index contributed by atoms with van der Waals surface area (Å²) < 4.78 is 73.8. The summed E-state index contributed by atoms with van der Waals surface area (Å²) in [6, 6.07) is 0. The van der Waals surface area contributed by atoms with Crippen LogP contribution in [0.3, 0.4) is 0 Å². The molecule has 0 amide bonds. The van der Waals surface area contributed by atoms with E-state index < -0.39 is 44.1 Å². The van der Waals surface area contributed by atoms with Crippen molar-refractivity contribution in [3.63, 3.8) is 0 Å². The van der Waals surface area contributed by atoms with E-state index in [-0.39, 0.29) is 0 Å². The lowest BCUT2D eigenvalue weighted by Crippen LogP contribution is -2.52. The van der Waals surface area contributed by atoms with Crippen LogP contribution >= 0.6 is 0 Å². The van der Waals surface area contributed by atoms with Crippen LogP contribution in [0, 0.1) is 0 Å². The summed E-state index contributed by atoms with van der Waals surface area (Å²) in [5.74, 6) is -2.61. The molecule has 0 N–H and O–H groups in total. The minimum Gasteiger partial charge on any atom is -0.437 e. The first-order chi connectivity index (χ1) is 8.16. The van der Waals surface area contributed by atoms with Crippen molar-refractivity contribution < 1.29 is 30.2 Å². The Bertz CT molecular complexity index is 293. The zero-order valence-corrected chi connectivity index (χ0v) is 15.1. The molecule has 0 saturated heterocycles. The molecule has 0 radical (unpaired) electrons. The summed E-state index contributed by atoms with van der Waals surface area (Å²) >= 11 is 0. The van der Waals surface area contributed by atoms with E-state index in [1.54, 1.807) is 13.1 Å². The molecule has 0 aromatic carbocycles. The van der Waals surface area contributed by atoms with Gasteiger partial charge in [-0.1, -0.05) is 0 Å². The van der Waals surface area contributed by atoms with Gasteiger partial charge in [-0.3, -0.25) is 0 Å². The van der Waals surface area contributed by atoms with Gasteiger partial charge < -0.3 is 8.23 Å². The zero-order valence-electron chi connectivity index (χ0n) is 11.9. The predicted octanol–water partition coefficient (Wildman–Crippen LogP) is 3.69. The fraction of sp³-hybridized carbons (Fsp3) is 1.00. The molecule has 0 aromatic heterocycles. The Labute approximate surface area is 114 Å². The molecule has 0 aromatic rings. The summed E-state index contributed by atoms with van der Waals surface area (Å²) in [6.07, 6.45) is -8.67. The number of rotatable bonds is 6. The highest BCUT2D eigenvalue weighted by molar-refractivity contribution is 6.84. The fourth-order valence-corrected chi connectivity index (χ4v) is 13.0. The highest BCUT2D eigenvalue weighted by Gasteiger charge is 2.49. The van der Waals surface area contributed by atoms with E-state index in [1.807, 2.05) is 19.6 Å². The van der Waals surface area contributed by atoms with Gasteiger partial charge in [0.05, 0.1) is 0 Å². The molecule has 19 heavy (non-hydrogen) atoms. The molecule has 0 aliphatic rings. The van der Waals surface area contributed by atoms with Gasteiger partial charge in [0.2, 0.25) is 15.2 Å². The Kier molecular flexibility index (Phi) is 6.40. The molecular weight excluding hydrogens is 319 g/mol. The van der Waals surface area contributed by atoms with Crippen LogP contribution in [0.4, 0.5) is 22.0 Å². The summed E-state index contributed by atoms with van der Waals surface area (Å²) in [5, 5.41) is 0. The van der Waals surface area contributed by atoms with Crippen molar-refractivity contribution in [3.8, 4) is 0 Å². The summed E-state index contributed by atoms with van der Waals surface area (Å²) in [5.41, 5.74) is 0. The van der Waals surface area contributed by atoms with Crippen LogP contribution in [0.1, 0.15) is 0 Å². The van der Waals surface area contributed by atoms with Crippen molar-refractivity contribution in [2.45, 2.75) is 57.4 Å². The second-order valence-electron chi connectivity index (χ2n) is 5.83. The van der Waals surface area contributed by atoms with Crippen LogP contribution in [-0.2, 0) is 8.23 Å². The third-order valence-corrected chi connectivity index (χ3v) is 11.5. The van der Waals surface area contributed by atoms with E-state index in [0.29, 0.717) is 0 Å². The van der Waals surface area contributed by atoms with Crippen molar-refractivity contribution in [2.24, 2.45) is 0 Å². The second kappa shape index (κ2) is 6.33. The number of hydrogen-bond donors (Lipinski definition) is 0. The molecule has 0 fully saturated rings. The van der Waals surface area contributed by atoms with E-state index in [2.05, 4.69) is 0 Å². The molecule has 0 saturated carbocycles. The van der Waals surface area contributed by atoms with Gasteiger partial charge in [-0.25, -0.2) is 8.78 Å². The zero-order chi connectivity index (χ0) is 15.6. The summed E-state index contributed by atoms with van der Waals surface area (Å²) in [7, 11) is -7.63. The summed E-state index contributed by atoms with van der Waals surface area (Å²) in [6.45, 7) is 10.2. The molecule has 10 heteroatoms. The van der Waals surface area contributed by atoms with E-state index in [1.165, 1.54) is 6.55 Å². The van der Waals surface area contributed by atoms with Gasteiger partial charge in [-0.15, -0.1) is 0 Å². The van der Waals surface area contributed by atoms with E-state index in [4.69, 9.17) is 8.23 Å². The van der Waals surface area contributed by atoms with Crippen molar-refractivity contribution in [1.29, 1.82) is 0 Å². The maximum atomic E-state index is 13.5. The van der Waals surface area contributed by atoms with Crippen molar-refractivity contribution in [2.75, 3.05) is 0 Å².